The Bertz CT molecular complexity index is 992. The van der Waals surface area contributed by atoms with Gasteiger partial charge in [0.15, 0.2) is 0 Å². The van der Waals surface area contributed by atoms with Crippen LogP contribution < -0.4 is 0 Å². The molecule has 1 N–H and O–H groups in total. The summed E-state index contributed by atoms with van der Waals surface area (Å²) in [6.07, 6.45) is -10.1. The van der Waals surface area contributed by atoms with Crippen LogP contribution in [-0.4, -0.2) is 46.8 Å². The van der Waals surface area contributed by atoms with Crippen molar-refractivity contribution < 1.29 is 45.4 Å². The van der Waals surface area contributed by atoms with E-state index in [-0.39, 0.29) is 41.7 Å². The summed E-state index contributed by atoms with van der Waals surface area (Å²) < 4.78 is 93.6. The first-order valence-corrected chi connectivity index (χ1v) is 11.7. The molecule has 0 radical (unpaired) electrons. The molecule has 35 heavy (non-hydrogen) atoms. The summed E-state index contributed by atoms with van der Waals surface area (Å²) >= 11 is 0. The van der Waals surface area contributed by atoms with Gasteiger partial charge in [0.2, 0.25) is 5.91 Å². The van der Waals surface area contributed by atoms with E-state index < -0.39 is 35.5 Å². The van der Waals surface area contributed by atoms with Gasteiger partial charge in [-0.05, 0) is 55.6 Å². The van der Waals surface area contributed by atoms with Gasteiger partial charge in [0.05, 0.1) is 5.92 Å². The molecular weight excluding hydrogens is 483 g/mol. The number of hydrogen-bond acceptors (Lipinski definition) is 2. The molecular formula is C24H26F7NO3. The number of carbonyl (C=O) groups excluding carboxylic acids is 1. The first-order valence-electron chi connectivity index (χ1n) is 11.7. The van der Waals surface area contributed by atoms with E-state index in [4.69, 9.17) is 0 Å². The van der Waals surface area contributed by atoms with E-state index in [1.165, 1.54) is 0 Å². The number of likely N-dealkylation sites (tertiary alicyclic amines) is 1. The van der Waals surface area contributed by atoms with Gasteiger partial charge in [0.1, 0.15) is 0 Å². The van der Waals surface area contributed by atoms with Crippen LogP contribution in [0.5, 0.6) is 0 Å². The second kappa shape index (κ2) is 8.65. The molecule has 2 fully saturated rings. The van der Waals surface area contributed by atoms with Crippen LogP contribution >= 0.6 is 0 Å². The number of carbonyl (C=O) groups is 2. The molecule has 3 aliphatic rings. The maximum absolute atomic E-state index is 14.5. The van der Waals surface area contributed by atoms with Gasteiger partial charge in [-0.3, -0.25) is 9.59 Å². The molecule has 1 heterocycles. The summed E-state index contributed by atoms with van der Waals surface area (Å²) in [7, 11) is 0. The van der Waals surface area contributed by atoms with E-state index in [2.05, 4.69) is 0 Å². The molecule has 0 aromatic heterocycles. The molecule has 2 aliphatic carbocycles. The predicted octanol–water partition coefficient (Wildman–Crippen LogP) is 5.74. The Hall–Kier alpha value is -2.33. The molecule has 1 saturated carbocycles. The molecule has 194 valence electrons. The number of carboxylic acid groups (broad SMARTS) is 1. The van der Waals surface area contributed by atoms with Crippen LogP contribution in [0.25, 0.3) is 0 Å². The van der Waals surface area contributed by atoms with Crippen molar-refractivity contribution in [3.63, 3.8) is 0 Å². The summed E-state index contributed by atoms with van der Waals surface area (Å²) in [5, 5.41) is 9.25. The second-order valence-corrected chi connectivity index (χ2v) is 10.0. The Kier molecular flexibility index (Phi) is 6.37. The normalized spacial score (nSPS) is 29.5. The first kappa shape index (κ1) is 25.8. The van der Waals surface area contributed by atoms with E-state index in [9.17, 15) is 45.4 Å². The Balaban J connectivity index is 1.55. The van der Waals surface area contributed by atoms with Gasteiger partial charge in [-0.25, -0.2) is 4.39 Å². The second-order valence-electron chi connectivity index (χ2n) is 10.0. The number of rotatable bonds is 3. The maximum Gasteiger partial charge on any atom is 0.435 e. The van der Waals surface area contributed by atoms with Crippen LogP contribution in [0.3, 0.4) is 0 Å². The molecule has 1 aromatic carbocycles. The number of alkyl halides is 7. The topological polar surface area (TPSA) is 57.6 Å². The average Bonchev–Trinajstić information content (AvgIpc) is 3.20. The molecule has 1 aromatic rings. The van der Waals surface area contributed by atoms with Gasteiger partial charge >= 0.3 is 24.0 Å². The number of amides is 1. The third-order valence-electron chi connectivity index (χ3n) is 8.10. The summed E-state index contributed by atoms with van der Waals surface area (Å²) in [6.45, 7) is 2.26. The number of carboxylic acids is 1. The minimum Gasteiger partial charge on any atom is -0.481 e. The highest BCUT2D eigenvalue weighted by Crippen LogP contribution is 2.54. The molecule has 11 heteroatoms. The van der Waals surface area contributed by atoms with Crippen molar-refractivity contribution in [2.24, 2.45) is 17.8 Å². The molecule has 1 unspecified atom stereocenters. The van der Waals surface area contributed by atoms with Crippen LogP contribution in [0.1, 0.15) is 61.6 Å². The van der Waals surface area contributed by atoms with Crippen LogP contribution in [-0.2, 0) is 21.7 Å². The first-order chi connectivity index (χ1) is 16.2. The fraction of sp³-hybridized carbons (Fsp3) is 0.667. The Morgan fingerprint density at radius 3 is 2.20 bits per heavy atom. The zero-order chi connectivity index (χ0) is 25.9. The van der Waals surface area contributed by atoms with Crippen LogP contribution in [0.15, 0.2) is 18.2 Å². The van der Waals surface area contributed by atoms with Gasteiger partial charge in [-0.2, -0.15) is 26.3 Å². The molecule has 0 spiro atoms. The van der Waals surface area contributed by atoms with Crippen LogP contribution in [0.2, 0.25) is 0 Å². The van der Waals surface area contributed by atoms with Gasteiger partial charge in [-0.1, -0.05) is 25.1 Å². The number of fused-ring (bicyclic) bond motifs is 3. The molecule has 5 atom stereocenters. The third kappa shape index (κ3) is 4.18. The summed E-state index contributed by atoms with van der Waals surface area (Å²) in [6, 6.07) is 2.13. The fourth-order valence-electron chi connectivity index (χ4n) is 6.24. The van der Waals surface area contributed by atoms with Gasteiger partial charge in [0.25, 0.3) is 0 Å². The van der Waals surface area contributed by atoms with Crippen molar-refractivity contribution in [1.82, 2.24) is 4.90 Å². The van der Waals surface area contributed by atoms with Crippen LogP contribution in [0.4, 0.5) is 30.7 Å². The van der Waals surface area contributed by atoms with E-state index in [1.54, 1.807) is 4.90 Å². The smallest absolute Gasteiger partial charge is 0.435 e. The average molecular weight is 509 g/mol. The third-order valence-corrected chi connectivity index (χ3v) is 8.10. The summed E-state index contributed by atoms with van der Waals surface area (Å²) in [4.78, 5) is 26.4. The quantitative estimate of drug-likeness (QED) is 0.529. The number of aliphatic carboxylic acids is 1. The number of aryl methyl sites for hydroxylation is 1. The Morgan fingerprint density at radius 2 is 1.63 bits per heavy atom. The number of benzene rings is 1. The lowest BCUT2D eigenvalue weighted by Crippen LogP contribution is -2.50. The van der Waals surface area contributed by atoms with E-state index in [1.807, 2.05) is 6.92 Å². The highest BCUT2D eigenvalue weighted by Gasteiger charge is 2.73. The van der Waals surface area contributed by atoms with Crippen molar-refractivity contribution in [1.29, 1.82) is 0 Å². The highest BCUT2D eigenvalue weighted by atomic mass is 19.4. The maximum atomic E-state index is 14.5. The van der Waals surface area contributed by atoms with E-state index in [0.717, 1.165) is 6.07 Å². The van der Waals surface area contributed by atoms with Gasteiger partial charge in [-0.15, -0.1) is 0 Å². The SMILES string of the molecule is C[C@H]1CC(C(=O)O)CC[C@H]1C(=O)N1CC[C@H]2c3ccc(C(F)(C(F)(F)F)C(F)(F)F)cc3CC[C@H]21. The van der Waals surface area contributed by atoms with Crippen molar-refractivity contribution >= 4 is 11.9 Å². The van der Waals surface area contributed by atoms with Crippen molar-refractivity contribution in [3.8, 4) is 0 Å². The standard InChI is InChI=1S/C24H26F7NO3/c1-12-10-14(21(34)35)2-5-16(12)20(33)32-9-8-18-17-6-4-15(11-13(17)3-7-19(18)32)22(25,23(26,27)28)24(29,30)31/h4,6,11-12,14,16,18-19H,2-3,5,7-10H2,1H3,(H,34,35)/t12-,14?,16+,18-,19+/m0/s1. The minimum absolute atomic E-state index is 0.0779. The molecule has 4 nitrogen and oxygen atoms in total. The molecule has 1 amide bonds. The number of nitrogens with zero attached hydrogens (tertiary/aromatic N) is 1. The summed E-state index contributed by atoms with van der Waals surface area (Å²) in [5.74, 6) is -2.12. The lowest BCUT2D eigenvalue weighted by Gasteiger charge is -2.39. The van der Waals surface area contributed by atoms with E-state index in [0.29, 0.717) is 56.3 Å². The van der Waals surface area contributed by atoms with Crippen molar-refractivity contribution in [3.05, 3.63) is 34.9 Å². The lowest BCUT2D eigenvalue weighted by atomic mass is 9.73. The number of hydrogen-bond donors (Lipinski definition) is 1. The number of halogens is 7. The molecule has 0 bridgehead atoms. The van der Waals surface area contributed by atoms with Crippen molar-refractivity contribution in [2.75, 3.05) is 6.54 Å². The van der Waals surface area contributed by atoms with E-state index >= 15 is 0 Å². The van der Waals surface area contributed by atoms with Crippen LogP contribution in [0, 0.1) is 17.8 Å². The van der Waals surface area contributed by atoms with Crippen molar-refractivity contribution in [2.45, 2.75) is 75.4 Å². The fourth-order valence-corrected chi connectivity index (χ4v) is 6.24. The Labute approximate surface area is 197 Å². The molecule has 1 saturated heterocycles. The lowest BCUT2D eigenvalue weighted by molar-refractivity contribution is -0.348. The Morgan fingerprint density at radius 1 is 0.971 bits per heavy atom. The van der Waals surface area contributed by atoms with Gasteiger partial charge in [0, 0.05) is 30.0 Å². The zero-order valence-corrected chi connectivity index (χ0v) is 18.9. The molecule has 4 rings (SSSR count). The highest BCUT2D eigenvalue weighted by molar-refractivity contribution is 5.81. The zero-order valence-electron chi connectivity index (χ0n) is 18.9. The predicted molar refractivity (Wildman–Crippen MR) is 110 cm³/mol. The largest absolute Gasteiger partial charge is 0.481 e. The van der Waals surface area contributed by atoms with Gasteiger partial charge < -0.3 is 10.0 Å². The molecule has 1 aliphatic heterocycles. The summed E-state index contributed by atoms with van der Waals surface area (Å²) in [5.41, 5.74) is -6.16. The minimum atomic E-state index is -6.16. The monoisotopic (exact) mass is 509 g/mol.